The average Bonchev–Trinajstić information content (AvgIpc) is 2.71. The summed E-state index contributed by atoms with van der Waals surface area (Å²) in [6.07, 6.45) is 19.5. The second-order valence-corrected chi connectivity index (χ2v) is 9.13. The molecule has 2 aliphatic carbocycles. The van der Waals surface area contributed by atoms with Gasteiger partial charge in [-0.3, -0.25) is 0 Å². The molecule has 0 radical (unpaired) electrons. The Labute approximate surface area is 168 Å². The first-order valence-corrected chi connectivity index (χ1v) is 11.3. The van der Waals surface area contributed by atoms with Crippen molar-refractivity contribution >= 4 is 0 Å². The molecule has 3 rings (SSSR count). The molecule has 1 aromatic carbocycles. The number of allylic oxidation sites excluding steroid dienone is 2. The third-order valence-corrected chi connectivity index (χ3v) is 7.18. The van der Waals surface area contributed by atoms with E-state index in [1.807, 2.05) is 6.08 Å². The lowest BCUT2D eigenvalue weighted by atomic mass is 9.68. The summed E-state index contributed by atoms with van der Waals surface area (Å²) in [6.45, 7) is 2.30. The molecule has 2 fully saturated rings. The zero-order chi connectivity index (χ0) is 19.9. The summed E-state index contributed by atoms with van der Waals surface area (Å²) in [5.41, 5.74) is 0.482. The van der Waals surface area contributed by atoms with Gasteiger partial charge in [0, 0.05) is 0 Å². The third-order valence-electron chi connectivity index (χ3n) is 7.18. The summed E-state index contributed by atoms with van der Waals surface area (Å²) in [5, 5.41) is 0. The third kappa shape index (κ3) is 5.87. The van der Waals surface area contributed by atoms with Gasteiger partial charge < -0.3 is 0 Å². The highest BCUT2D eigenvalue weighted by Crippen LogP contribution is 2.42. The number of benzene rings is 1. The van der Waals surface area contributed by atoms with E-state index in [0.717, 1.165) is 42.2 Å². The maximum atomic E-state index is 13.3. The van der Waals surface area contributed by atoms with Gasteiger partial charge in [0.2, 0.25) is 0 Å². The molecule has 0 atom stereocenters. The second-order valence-electron chi connectivity index (χ2n) is 9.13. The number of halogens is 3. The maximum Gasteiger partial charge on any atom is 0.194 e. The Balaban J connectivity index is 1.36. The van der Waals surface area contributed by atoms with Crippen molar-refractivity contribution in [1.82, 2.24) is 0 Å². The molecule has 1 aromatic rings. The summed E-state index contributed by atoms with van der Waals surface area (Å²) in [5.74, 6) is 0.0384. The van der Waals surface area contributed by atoms with E-state index in [4.69, 9.17) is 0 Å². The lowest BCUT2D eigenvalue weighted by Gasteiger charge is -2.37. The van der Waals surface area contributed by atoms with Crippen LogP contribution in [0.4, 0.5) is 13.2 Å². The van der Waals surface area contributed by atoms with E-state index in [1.54, 1.807) is 0 Å². The van der Waals surface area contributed by atoms with Gasteiger partial charge in [0.05, 0.1) is 0 Å². The van der Waals surface area contributed by atoms with Crippen LogP contribution < -0.4 is 0 Å². The summed E-state index contributed by atoms with van der Waals surface area (Å²) < 4.78 is 39.5. The molecule has 156 valence electrons. The quantitative estimate of drug-likeness (QED) is 0.326. The molecule has 0 amide bonds. The molecule has 3 heteroatoms. The Morgan fingerprint density at radius 2 is 1.32 bits per heavy atom. The molecule has 0 saturated heterocycles. The van der Waals surface area contributed by atoms with Crippen molar-refractivity contribution < 1.29 is 13.2 Å². The van der Waals surface area contributed by atoms with Gasteiger partial charge in [0.15, 0.2) is 17.5 Å². The van der Waals surface area contributed by atoms with Crippen molar-refractivity contribution in [3.8, 4) is 0 Å². The zero-order valence-corrected chi connectivity index (χ0v) is 17.2. The second kappa shape index (κ2) is 10.5. The number of rotatable bonds is 7. The number of hydrogen-bond acceptors (Lipinski definition) is 0. The molecule has 0 heterocycles. The summed E-state index contributed by atoms with van der Waals surface area (Å²) >= 11 is 0. The standard InChI is InChI=1S/C25H35F3/c1-2-5-18-8-12-21(13-9-18)22-14-10-19(11-15-22)6-3-4-7-20-16-23(26)25(28)24(27)17-20/h3-4,16-19,21-22H,2,5-15H2,1H3/b4-3-. The molecular weight excluding hydrogens is 357 g/mol. The van der Waals surface area contributed by atoms with E-state index >= 15 is 0 Å². The van der Waals surface area contributed by atoms with E-state index in [0.29, 0.717) is 12.0 Å². The summed E-state index contributed by atoms with van der Waals surface area (Å²) in [7, 11) is 0. The highest BCUT2D eigenvalue weighted by atomic mass is 19.2. The Morgan fingerprint density at radius 1 is 0.786 bits per heavy atom. The van der Waals surface area contributed by atoms with Crippen LogP contribution in [0.25, 0.3) is 0 Å². The zero-order valence-electron chi connectivity index (χ0n) is 17.2. The van der Waals surface area contributed by atoms with Gasteiger partial charge in [-0.15, -0.1) is 0 Å². The molecule has 0 aromatic heterocycles. The minimum absolute atomic E-state index is 0.449. The predicted octanol–water partition coefficient (Wildman–Crippen LogP) is 8.01. The highest BCUT2D eigenvalue weighted by Gasteiger charge is 2.30. The molecule has 0 N–H and O–H groups in total. The summed E-state index contributed by atoms with van der Waals surface area (Å²) in [6, 6.07) is 2.17. The first-order chi connectivity index (χ1) is 13.6. The van der Waals surface area contributed by atoms with E-state index in [1.165, 1.54) is 64.2 Å². The van der Waals surface area contributed by atoms with Crippen molar-refractivity contribution in [2.24, 2.45) is 23.7 Å². The first kappa shape index (κ1) is 21.5. The van der Waals surface area contributed by atoms with Crippen LogP contribution >= 0.6 is 0 Å². The van der Waals surface area contributed by atoms with Crippen molar-refractivity contribution in [3.63, 3.8) is 0 Å². The Bertz CT molecular complexity index is 612. The van der Waals surface area contributed by atoms with Gasteiger partial charge in [-0.25, -0.2) is 13.2 Å². The Morgan fingerprint density at radius 3 is 1.86 bits per heavy atom. The van der Waals surface area contributed by atoms with Crippen LogP contribution in [0.5, 0.6) is 0 Å². The van der Waals surface area contributed by atoms with E-state index in [2.05, 4.69) is 13.0 Å². The van der Waals surface area contributed by atoms with E-state index < -0.39 is 17.5 Å². The minimum atomic E-state index is -1.39. The van der Waals surface area contributed by atoms with Gasteiger partial charge in [-0.2, -0.15) is 0 Å². The SMILES string of the molecule is CCCC1CCC(C2CCC(C/C=C\Cc3cc(F)c(F)c(F)c3)CC2)CC1. The van der Waals surface area contributed by atoms with E-state index in [9.17, 15) is 13.2 Å². The molecule has 28 heavy (non-hydrogen) atoms. The summed E-state index contributed by atoms with van der Waals surface area (Å²) in [4.78, 5) is 0. The van der Waals surface area contributed by atoms with Crippen molar-refractivity contribution in [3.05, 3.63) is 47.3 Å². The minimum Gasteiger partial charge on any atom is -0.204 e. The molecule has 0 nitrogen and oxygen atoms in total. The lowest BCUT2D eigenvalue weighted by Crippen LogP contribution is -2.25. The fourth-order valence-corrected chi connectivity index (χ4v) is 5.49. The van der Waals surface area contributed by atoms with Crippen LogP contribution in [0.3, 0.4) is 0 Å². The van der Waals surface area contributed by atoms with Crippen LogP contribution in [-0.4, -0.2) is 0 Å². The predicted molar refractivity (Wildman–Crippen MR) is 110 cm³/mol. The van der Waals surface area contributed by atoms with Crippen molar-refractivity contribution in [2.75, 3.05) is 0 Å². The van der Waals surface area contributed by atoms with Gasteiger partial charge >= 0.3 is 0 Å². The molecule has 0 aliphatic heterocycles. The monoisotopic (exact) mass is 392 g/mol. The Hall–Kier alpha value is -1.25. The molecular formula is C25H35F3. The van der Waals surface area contributed by atoms with Crippen LogP contribution in [0, 0.1) is 41.1 Å². The Kier molecular flexibility index (Phi) is 8.05. The fraction of sp³-hybridized carbons (Fsp3) is 0.680. The van der Waals surface area contributed by atoms with E-state index in [-0.39, 0.29) is 0 Å². The average molecular weight is 393 g/mol. The van der Waals surface area contributed by atoms with Crippen molar-refractivity contribution in [2.45, 2.75) is 84.0 Å². The molecule has 0 bridgehead atoms. The molecule has 0 unspecified atom stereocenters. The van der Waals surface area contributed by atoms with Gasteiger partial charge in [-0.05, 0) is 92.7 Å². The largest absolute Gasteiger partial charge is 0.204 e. The van der Waals surface area contributed by atoms with Crippen LogP contribution in [0.15, 0.2) is 24.3 Å². The highest BCUT2D eigenvalue weighted by molar-refractivity contribution is 5.21. The topological polar surface area (TPSA) is 0 Å². The van der Waals surface area contributed by atoms with Crippen LogP contribution in [0.1, 0.15) is 83.1 Å². The van der Waals surface area contributed by atoms with Gasteiger partial charge in [0.25, 0.3) is 0 Å². The molecule has 0 spiro atoms. The van der Waals surface area contributed by atoms with Crippen LogP contribution in [-0.2, 0) is 6.42 Å². The normalized spacial score (nSPS) is 28.7. The number of hydrogen-bond donors (Lipinski definition) is 0. The lowest BCUT2D eigenvalue weighted by molar-refractivity contribution is 0.144. The maximum absolute atomic E-state index is 13.3. The molecule has 2 aliphatic rings. The van der Waals surface area contributed by atoms with Crippen LogP contribution in [0.2, 0.25) is 0 Å². The van der Waals surface area contributed by atoms with Gasteiger partial charge in [0.1, 0.15) is 0 Å². The first-order valence-electron chi connectivity index (χ1n) is 11.3. The smallest absolute Gasteiger partial charge is 0.194 e. The van der Waals surface area contributed by atoms with Gasteiger partial charge in [-0.1, -0.05) is 44.8 Å². The molecule has 2 saturated carbocycles. The van der Waals surface area contributed by atoms with Crippen molar-refractivity contribution in [1.29, 1.82) is 0 Å². The fourth-order valence-electron chi connectivity index (χ4n) is 5.49.